The van der Waals surface area contributed by atoms with E-state index in [-0.39, 0.29) is 0 Å². The van der Waals surface area contributed by atoms with E-state index >= 15 is 0 Å². The smallest absolute Gasteiger partial charge is 0.0103 e. The van der Waals surface area contributed by atoms with E-state index in [4.69, 9.17) is 0 Å². The van der Waals surface area contributed by atoms with Crippen molar-refractivity contribution in [1.29, 1.82) is 0 Å². The largest absolute Gasteiger partial charge is 0.311 e. The van der Waals surface area contributed by atoms with Gasteiger partial charge in [0, 0.05) is 12.1 Å². The minimum Gasteiger partial charge on any atom is -0.311 e. The Kier molecular flexibility index (Phi) is 8.18. The first-order chi connectivity index (χ1) is 8.36. The van der Waals surface area contributed by atoms with Crippen molar-refractivity contribution in [1.82, 2.24) is 5.32 Å². The third kappa shape index (κ3) is 3.98. The van der Waals surface area contributed by atoms with Crippen LogP contribution in [0.2, 0.25) is 0 Å². The standard InChI is InChI=1S/C17H37N/c1-9-12-17(14(6)10-2,15(7)11-3)16(8)18-13(4)5/h13-16,18H,9-12H2,1-8H3. The van der Waals surface area contributed by atoms with Crippen LogP contribution >= 0.6 is 0 Å². The van der Waals surface area contributed by atoms with Crippen molar-refractivity contribution < 1.29 is 0 Å². The van der Waals surface area contributed by atoms with Gasteiger partial charge in [-0.25, -0.2) is 0 Å². The molecule has 0 aliphatic carbocycles. The van der Waals surface area contributed by atoms with Crippen LogP contribution in [0.15, 0.2) is 0 Å². The van der Waals surface area contributed by atoms with Gasteiger partial charge in [0.05, 0.1) is 0 Å². The molecule has 0 aliphatic heterocycles. The van der Waals surface area contributed by atoms with Crippen molar-refractivity contribution in [2.24, 2.45) is 17.3 Å². The molecule has 0 aromatic rings. The van der Waals surface area contributed by atoms with Gasteiger partial charge in [-0.05, 0) is 30.6 Å². The first kappa shape index (κ1) is 18.0. The molecule has 0 spiro atoms. The van der Waals surface area contributed by atoms with E-state index < -0.39 is 0 Å². The highest BCUT2D eigenvalue weighted by Crippen LogP contribution is 2.46. The Labute approximate surface area is 116 Å². The maximum atomic E-state index is 3.80. The molecule has 0 saturated heterocycles. The van der Waals surface area contributed by atoms with E-state index in [2.05, 4.69) is 60.7 Å². The van der Waals surface area contributed by atoms with E-state index in [1.54, 1.807) is 0 Å². The summed E-state index contributed by atoms with van der Waals surface area (Å²) < 4.78 is 0. The second-order valence-corrected chi connectivity index (χ2v) is 6.52. The van der Waals surface area contributed by atoms with Gasteiger partial charge in [-0.2, -0.15) is 0 Å². The Morgan fingerprint density at radius 2 is 1.28 bits per heavy atom. The molecule has 0 aromatic carbocycles. The SMILES string of the molecule is CCCC(C(C)CC)(C(C)CC)C(C)NC(C)C. The molecular weight excluding hydrogens is 218 g/mol. The average molecular weight is 255 g/mol. The average Bonchev–Trinajstić information content (AvgIpc) is 2.32. The molecule has 3 unspecified atom stereocenters. The van der Waals surface area contributed by atoms with Gasteiger partial charge in [0.25, 0.3) is 0 Å². The van der Waals surface area contributed by atoms with Crippen molar-refractivity contribution in [2.75, 3.05) is 0 Å². The van der Waals surface area contributed by atoms with Crippen molar-refractivity contribution >= 4 is 0 Å². The second kappa shape index (κ2) is 8.19. The lowest BCUT2D eigenvalue weighted by Gasteiger charge is -2.49. The van der Waals surface area contributed by atoms with Gasteiger partial charge < -0.3 is 5.32 Å². The number of hydrogen-bond donors (Lipinski definition) is 1. The lowest BCUT2D eigenvalue weighted by Crippen LogP contribution is -2.52. The molecule has 110 valence electrons. The summed E-state index contributed by atoms with van der Waals surface area (Å²) in [6.07, 6.45) is 5.21. The highest BCUT2D eigenvalue weighted by atomic mass is 15.0. The normalized spacial score (nSPS) is 20.5. The van der Waals surface area contributed by atoms with Crippen LogP contribution in [0.25, 0.3) is 0 Å². The highest BCUT2D eigenvalue weighted by molar-refractivity contribution is 4.95. The third-order valence-electron chi connectivity index (χ3n) is 5.13. The molecule has 0 saturated carbocycles. The summed E-state index contributed by atoms with van der Waals surface area (Å²) in [5.41, 5.74) is 0.447. The van der Waals surface area contributed by atoms with E-state index in [0.717, 1.165) is 11.8 Å². The molecular formula is C17H37N. The summed E-state index contributed by atoms with van der Waals surface area (Å²) in [6, 6.07) is 1.17. The topological polar surface area (TPSA) is 12.0 Å². The van der Waals surface area contributed by atoms with E-state index in [1.165, 1.54) is 25.7 Å². The van der Waals surface area contributed by atoms with E-state index in [9.17, 15) is 0 Å². The zero-order valence-electron chi connectivity index (χ0n) is 14.1. The maximum absolute atomic E-state index is 3.80. The van der Waals surface area contributed by atoms with Crippen molar-refractivity contribution in [3.8, 4) is 0 Å². The molecule has 1 heteroatoms. The highest BCUT2D eigenvalue weighted by Gasteiger charge is 2.43. The Morgan fingerprint density at radius 1 is 0.833 bits per heavy atom. The quantitative estimate of drug-likeness (QED) is 0.593. The summed E-state index contributed by atoms with van der Waals surface area (Å²) in [7, 11) is 0. The molecule has 0 amide bonds. The van der Waals surface area contributed by atoms with Crippen LogP contribution in [0.3, 0.4) is 0 Å². The van der Waals surface area contributed by atoms with E-state index in [1.807, 2.05) is 0 Å². The number of hydrogen-bond acceptors (Lipinski definition) is 1. The monoisotopic (exact) mass is 255 g/mol. The minimum absolute atomic E-state index is 0.447. The first-order valence-corrected chi connectivity index (χ1v) is 8.12. The fraction of sp³-hybridized carbons (Fsp3) is 1.00. The van der Waals surface area contributed by atoms with Crippen LogP contribution in [0, 0.1) is 17.3 Å². The molecule has 18 heavy (non-hydrogen) atoms. The predicted octanol–water partition coefficient (Wildman–Crippen LogP) is 5.25. The lowest BCUT2D eigenvalue weighted by molar-refractivity contribution is 0.0265. The number of nitrogens with one attached hydrogen (secondary N) is 1. The molecule has 0 heterocycles. The Hall–Kier alpha value is -0.0400. The fourth-order valence-corrected chi connectivity index (χ4v) is 3.90. The summed E-state index contributed by atoms with van der Waals surface area (Å²) >= 11 is 0. The fourth-order valence-electron chi connectivity index (χ4n) is 3.90. The zero-order valence-corrected chi connectivity index (χ0v) is 14.1. The zero-order chi connectivity index (χ0) is 14.3. The molecule has 1 N–H and O–H groups in total. The molecule has 0 radical (unpaired) electrons. The van der Waals surface area contributed by atoms with Crippen molar-refractivity contribution in [3.63, 3.8) is 0 Å². The maximum Gasteiger partial charge on any atom is 0.0103 e. The lowest BCUT2D eigenvalue weighted by atomic mass is 9.59. The Morgan fingerprint density at radius 3 is 1.56 bits per heavy atom. The predicted molar refractivity (Wildman–Crippen MR) is 84.0 cm³/mol. The molecule has 0 aliphatic rings. The minimum atomic E-state index is 0.447. The Balaban J connectivity index is 5.29. The van der Waals surface area contributed by atoms with Crippen LogP contribution < -0.4 is 5.32 Å². The molecule has 0 bridgehead atoms. The van der Waals surface area contributed by atoms with Crippen LogP contribution in [0.1, 0.15) is 81.1 Å². The van der Waals surface area contributed by atoms with Gasteiger partial charge in [-0.3, -0.25) is 0 Å². The van der Waals surface area contributed by atoms with Crippen molar-refractivity contribution in [3.05, 3.63) is 0 Å². The van der Waals surface area contributed by atoms with Crippen LogP contribution in [-0.2, 0) is 0 Å². The third-order valence-corrected chi connectivity index (χ3v) is 5.13. The van der Waals surface area contributed by atoms with Crippen LogP contribution in [0.4, 0.5) is 0 Å². The van der Waals surface area contributed by atoms with Crippen molar-refractivity contribution in [2.45, 2.75) is 93.2 Å². The summed E-state index contributed by atoms with van der Waals surface area (Å²) in [5.74, 6) is 1.57. The molecule has 0 rings (SSSR count). The molecule has 0 fully saturated rings. The van der Waals surface area contributed by atoms with Crippen LogP contribution in [0.5, 0.6) is 0 Å². The molecule has 1 nitrogen and oxygen atoms in total. The molecule has 0 aromatic heterocycles. The first-order valence-electron chi connectivity index (χ1n) is 8.12. The van der Waals surface area contributed by atoms with Gasteiger partial charge in [-0.1, -0.05) is 67.7 Å². The Bertz CT molecular complexity index is 200. The van der Waals surface area contributed by atoms with Gasteiger partial charge in [0.15, 0.2) is 0 Å². The second-order valence-electron chi connectivity index (χ2n) is 6.52. The van der Waals surface area contributed by atoms with Gasteiger partial charge in [0.2, 0.25) is 0 Å². The summed E-state index contributed by atoms with van der Waals surface area (Å²) in [6.45, 7) is 18.9. The summed E-state index contributed by atoms with van der Waals surface area (Å²) in [5, 5.41) is 3.80. The summed E-state index contributed by atoms with van der Waals surface area (Å²) in [4.78, 5) is 0. The van der Waals surface area contributed by atoms with E-state index in [0.29, 0.717) is 17.5 Å². The van der Waals surface area contributed by atoms with Gasteiger partial charge >= 0.3 is 0 Å². The van der Waals surface area contributed by atoms with Gasteiger partial charge in [0.1, 0.15) is 0 Å². The van der Waals surface area contributed by atoms with Crippen LogP contribution in [-0.4, -0.2) is 12.1 Å². The van der Waals surface area contributed by atoms with Gasteiger partial charge in [-0.15, -0.1) is 0 Å². The number of rotatable bonds is 9. The molecule has 3 atom stereocenters.